The van der Waals surface area contributed by atoms with Crippen LogP contribution in [0.4, 0.5) is 10.5 Å². The number of benzene rings is 2. The molecule has 2 aromatic rings. The van der Waals surface area contributed by atoms with E-state index in [0.29, 0.717) is 35.2 Å². The summed E-state index contributed by atoms with van der Waals surface area (Å²) in [5.41, 5.74) is 0.979. The summed E-state index contributed by atoms with van der Waals surface area (Å²) in [5, 5.41) is 10.6. The summed E-state index contributed by atoms with van der Waals surface area (Å²) in [4.78, 5) is 48.3. The molecule has 0 unspecified atom stereocenters. The van der Waals surface area contributed by atoms with Crippen molar-refractivity contribution in [1.29, 1.82) is 0 Å². The molecule has 0 saturated carbocycles. The monoisotopic (exact) mass is 534 g/mol. The van der Waals surface area contributed by atoms with Gasteiger partial charge in [0.2, 0.25) is 0 Å². The van der Waals surface area contributed by atoms with Crippen molar-refractivity contribution in [3.05, 3.63) is 67.6 Å². The van der Waals surface area contributed by atoms with Crippen LogP contribution in [0.1, 0.15) is 31.9 Å². The van der Waals surface area contributed by atoms with Crippen LogP contribution in [0, 0.1) is 10.1 Å². The number of hydrogen-bond acceptors (Lipinski definition) is 9. The molecule has 190 valence electrons. The second-order valence-electron chi connectivity index (χ2n) is 7.79. The summed E-state index contributed by atoms with van der Waals surface area (Å²) < 4.78 is 16.5. The lowest BCUT2D eigenvalue weighted by atomic mass is 10.1. The van der Waals surface area contributed by atoms with E-state index >= 15 is 0 Å². The molecule has 1 heterocycles. The van der Waals surface area contributed by atoms with Gasteiger partial charge in [-0.2, -0.15) is 0 Å². The lowest BCUT2D eigenvalue weighted by Gasteiger charge is -2.15. The first kappa shape index (κ1) is 27.0. The van der Waals surface area contributed by atoms with Crippen LogP contribution in [0.3, 0.4) is 0 Å². The van der Waals surface area contributed by atoms with Gasteiger partial charge in [-0.1, -0.05) is 23.7 Å². The Hall–Kier alpha value is -3.57. The first-order valence-electron chi connectivity index (χ1n) is 10.9. The van der Waals surface area contributed by atoms with Gasteiger partial charge in [0, 0.05) is 12.1 Å². The maximum atomic E-state index is 12.7. The van der Waals surface area contributed by atoms with Gasteiger partial charge >= 0.3 is 5.97 Å². The van der Waals surface area contributed by atoms with E-state index in [2.05, 4.69) is 0 Å². The number of non-ortho nitro benzene ring substituents is 1. The fourth-order valence-corrected chi connectivity index (χ4v) is 4.32. The summed E-state index contributed by atoms with van der Waals surface area (Å²) in [6.07, 6.45) is 1.10. The SMILES string of the molecule is CCOc1cc(/C=C2/SC(=O)N(CC(=O)OC(C)C)C2=O)cc(Cl)c1OCc1cccc([N+](=O)[O-])c1. The third kappa shape index (κ3) is 6.76. The predicted octanol–water partition coefficient (Wildman–Crippen LogP) is 5.21. The summed E-state index contributed by atoms with van der Waals surface area (Å²) >= 11 is 7.14. The fourth-order valence-electron chi connectivity index (χ4n) is 3.21. The number of imide groups is 1. The van der Waals surface area contributed by atoms with E-state index in [9.17, 15) is 24.5 Å². The quantitative estimate of drug-likeness (QED) is 0.175. The zero-order valence-electron chi connectivity index (χ0n) is 19.7. The lowest BCUT2D eigenvalue weighted by molar-refractivity contribution is -0.384. The van der Waals surface area contributed by atoms with E-state index in [1.165, 1.54) is 24.3 Å². The Balaban J connectivity index is 1.81. The molecule has 0 radical (unpaired) electrons. The number of thioether (sulfide) groups is 1. The van der Waals surface area contributed by atoms with Crippen LogP contribution in [0.5, 0.6) is 11.5 Å². The highest BCUT2D eigenvalue weighted by Gasteiger charge is 2.37. The van der Waals surface area contributed by atoms with E-state index in [1.807, 2.05) is 0 Å². The van der Waals surface area contributed by atoms with Gasteiger partial charge in [-0.05, 0) is 61.9 Å². The van der Waals surface area contributed by atoms with Crippen LogP contribution >= 0.6 is 23.4 Å². The molecule has 1 aliphatic heterocycles. The van der Waals surface area contributed by atoms with E-state index in [-0.39, 0.29) is 34.1 Å². The minimum absolute atomic E-state index is 0.00614. The minimum atomic E-state index is -0.680. The first-order valence-corrected chi connectivity index (χ1v) is 12.1. The molecular formula is C24H23ClN2O8S. The van der Waals surface area contributed by atoms with E-state index in [4.69, 9.17) is 25.8 Å². The smallest absolute Gasteiger partial charge is 0.326 e. The summed E-state index contributed by atoms with van der Waals surface area (Å²) in [6, 6.07) is 9.15. The third-order valence-electron chi connectivity index (χ3n) is 4.66. The summed E-state index contributed by atoms with van der Waals surface area (Å²) in [7, 11) is 0. The van der Waals surface area contributed by atoms with Gasteiger partial charge in [0.1, 0.15) is 13.2 Å². The molecule has 1 saturated heterocycles. The highest BCUT2D eigenvalue weighted by Crippen LogP contribution is 2.39. The number of nitrogens with zero attached hydrogens (tertiary/aromatic N) is 2. The number of rotatable bonds is 10. The summed E-state index contributed by atoms with van der Waals surface area (Å²) in [5.74, 6) is -0.778. The molecule has 0 bridgehead atoms. The average Bonchev–Trinajstić information content (AvgIpc) is 3.05. The molecule has 1 fully saturated rings. The van der Waals surface area contributed by atoms with Crippen LogP contribution in [-0.2, 0) is 20.9 Å². The van der Waals surface area contributed by atoms with Gasteiger partial charge in [0.05, 0.1) is 27.6 Å². The van der Waals surface area contributed by atoms with Gasteiger partial charge < -0.3 is 14.2 Å². The number of nitro benzene ring substituents is 1. The number of carbonyl (C=O) groups excluding carboxylic acids is 3. The molecule has 0 N–H and O–H groups in total. The topological polar surface area (TPSA) is 125 Å². The van der Waals surface area contributed by atoms with Crippen molar-refractivity contribution in [3.63, 3.8) is 0 Å². The average molecular weight is 535 g/mol. The van der Waals surface area contributed by atoms with E-state index in [0.717, 1.165) is 4.90 Å². The standard InChI is InChI=1S/C24H23ClN2O8S/c1-4-33-19-10-16(11-20-23(29)26(24(30)36-20)12-21(28)35-14(2)3)9-18(25)22(19)34-13-15-6-5-7-17(8-15)27(31)32/h5-11,14H,4,12-13H2,1-3H3/b20-11+. The van der Waals surface area contributed by atoms with Crippen LogP contribution in [0.2, 0.25) is 5.02 Å². The normalized spacial score (nSPS) is 14.5. The van der Waals surface area contributed by atoms with Gasteiger partial charge in [0.25, 0.3) is 16.8 Å². The molecule has 12 heteroatoms. The van der Waals surface area contributed by atoms with Crippen molar-refractivity contribution in [2.75, 3.05) is 13.2 Å². The zero-order valence-corrected chi connectivity index (χ0v) is 21.3. The molecule has 10 nitrogen and oxygen atoms in total. The van der Waals surface area contributed by atoms with Crippen LogP contribution in [0.15, 0.2) is 41.3 Å². The molecule has 0 atom stereocenters. The zero-order chi connectivity index (χ0) is 26.4. The second-order valence-corrected chi connectivity index (χ2v) is 9.19. The van der Waals surface area contributed by atoms with Crippen molar-refractivity contribution in [1.82, 2.24) is 4.90 Å². The number of nitro groups is 1. The Morgan fingerprint density at radius 2 is 1.97 bits per heavy atom. The second kappa shape index (κ2) is 11.9. The Labute approximate surface area is 216 Å². The maximum Gasteiger partial charge on any atom is 0.326 e. The molecule has 2 aromatic carbocycles. The fraction of sp³-hybridized carbons (Fsp3) is 0.292. The Bertz CT molecular complexity index is 1230. The van der Waals surface area contributed by atoms with E-state index in [1.54, 1.807) is 39.0 Å². The molecule has 3 rings (SSSR count). The van der Waals surface area contributed by atoms with Crippen LogP contribution in [-0.4, -0.2) is 46.2 Å². The number of ether oxygens (including phenoxy) is 3. The minimum Gasteiger partial charge on any atom is -0.490 e. The highest BCUT2D eigenvalue weighted by atomic mass is 35.5. The van der Waals surface area contributed by atoms with Crippen molar-refractivity contribution < 1.29 is 33.5 Å². The largest absolute Gasteiger partial charge is 0.490 e. The molecule has 1 aliphatic rings. The number of halogens is 1. The number of hydrogen-bond donors (Lipinski definition) is 0. The summed E-state index contributed by atoms with van der Waals surface area (Å²) in [6.45, 7) is 4.93. The lowest BCUT2D eigenvalue weighted by Crippen LogP contribution is -2.35. The first-order chi connectivity index (χ1) is 17.1. The van der Waals surface area contributed by atoms with E-state index < -0.39 is 28.6 Å². The van der Waals surface area contributed by atoms with Gasteiger partial charge in [0.15, 0.2) is 11.5 Å². The maximum absolute atomic E-state index is 12.7. The number of esters is 1. The van der Waals surface area contributed by atoms with Crippen LogP contribution in [0.25, 0.3) is 6.08 Å². The van der Waals surface area contributed by atoms with Crippen LogP contribution < -0.4 is 9.47 Å². The molecule has 36 heavy (non-hydrogen) atoms. The van der Waals surface area contributed by atoms with Crippen molar-refractivity contribution in [3.8, 4) is 11.5 Å². The van der Waals surface area contributed by atoms with Crippen molar-refractivity contribution >= 4 is 52.2 Å². The Morgan fingerprint density at radius 3 is 2.64 bits per heavy atom. The number of carbonyl (C=O) groups is 3. The molecule has 0 spiro atoms. The third-order valence-corrected chi connectivity index (χ3v) is 5.85. The molecule has 2 amide bonds. The molecule has 0 aliphatic carbocycles. The van der Waals surface area contributed by atoms with Crippen molar-refractivity contribution in [2.24, 2.45) is 0 Å². The van der Waals surface area contributed by atoms with Gasteiger partial charge in [-0.3, -0.25) is 29.4 Å². The van der Waals surface area contributed by atoms with Gasteiger partial charge in [-0.25, -0.2) is 0 Å². The predicted molar refractivity (Wildman–Crippen MR) is 134 cm³/mol. The molecule has 0 aromatic heterocycles. The molecular weight excluding hydrogens is 512 g/mol. The van der Waals surface area contributed by atoms with Crippen molar-refractivity contribution in [2.45, 2.75) is 33.5 Å². The number of amides is 2. The Kier molecular flexibility index (Phi) is 8.94. The highest BCUT2D eigenvalue weighted by molar-refractivity contribution is 8.18. The van der Waals surface area contributed by atoms with Gasteiger partial charge in [-0.15, -0.1) is 0 Å². The Morgan fingerprint density at radius 1 is 1.22 bits per heavy atom.